The van der Waals surface area contributed by atoms with Gasteiger partial charge in [0.1, 0.15) is 5.82 Å². The highest BCUT2D eigenvalue weighted by Crippen LogP contribution is 2.23. The molecule has 0 atom stereocenters. The third kappa shape index (κ3) is 3.72. The first-order valence-corrected chi connectivity index (χ1v) is 8.70. The molecule has 3 rings (SSSR count). The summed E-state index contributed by atoms with van der Waals surface area (Å²) in [5.41, 5.74) is 9.88. The van der Waals surface area contributed by atoms with Crippen LogP contribution in [0.4, 0.5) is 11.8 Å². The summed E-state index contributed by atoms with van der Waals surface area (Å²) >= 11 is 0. The molecule has 0 aliphatic carbocycles. The van der Waals surface area contributed by atoms with Crippen molar-refractivity contribution in [2.75, 3.05) is 36.8 Å². The summed E-state index contributed by atoms with van der Waals surface area (Å²) in [7, 11) is 0. The van der Waals surface area contributed by atoms with Crippen LogP contribution in [0.25, 0.3) is 0 Å². The molecule has 1 fully saturated rings. The van der Waals surface area contributed by atoms with Crippen LogP contribution in [0.1, 0.15) is 29.3 Å². The Morgan fingerprint density at radius 1 is 1.16 bits per heavy atom. The van der Waals surface area contributed by atoms with E-state index in [0.29, 0.717) is 5.95 Å². The SMILES string of the molecule is CCc1nc(N)nc(N2CCN(Cc3ccccc3C#N)CC2)c1C. The predicted molar refractivity (Wildman–Crippen MR) is 99.2 cm³/mol. The smallest absolute Gasteiger partial charge is 0.222 e. The molecule has 2 aromatic rings. The number of anilines is 2. The molecule has 0 radical (unpaired) electrons. The van der Waals surface area contributed by atoms with Crippen molar-refractivity contribution in [2.45, 2.75) is 26.8 Å². The van der Waals surface area contributed by atoms with Gasteiger partial charge in [0, 0.05) is 38.3 Å². The van der Waals surface area contributed by atoms with Crippen molar-refractivity contribution in [2.24, 2.45) is 0 Å². The van der Waals surface area contributed by atoms with E-state index in [1.165, 1.54) is 0 Å². The van der Waals surface area contributed by atoms with Crippen molar-refractivity contribution in [3.05, 3.63) is 46.6 Å². The third-order valence-corrected chi connectivity index (χ3v) is 4.78. The third-order valence-electron chi connectivity index (χ3n) is 4.78. The molecule has 0 amide bonds. The minimum atomic E-state index is 0.350. The topological polar surface area (TPSA) is 82.1 Å². The molecule has 1 aliphatic rings. The minimum absolute atomic E-state index is 0.350. The fourth-order valence-corrected chi connectivity index (χ4v) is 3.35. The quantitative estimate of drug-likeness (QED) is 0.921. The lowest BCUT2D eigenvalue weighted by Gasteiger charge is -2.36. The van der Waals surface area contributed by atoms with Crippen LogP contribution in [0.2, 0.25) is 0 Å². The number of nitrogen functional groups attached to an aromatic ring is 1. The van der Waals surface area contributed by atoms with Crippen molar-refractivity contribution in [3.8, 4) is 6.07 Å². The summed E-state index contributed by atoms with van der Waals surface area (Å²) < 4.78 is 0. The highest BCUT2D eigenvalue weighted by molar-refractivity contribution is 5.51. The van der Waals surface area contributed by atoms with Crippen LogP contribution in [0.15, 0.2) is 24.3 Å². The van der Waals surface area contributed by atoms with Gasteiger partial charge in [0.15, 0.2) is 0 Å². The van der Waals surface area contributed by atoms with Crippen molar-refractivity contribution in [1.29, 1.82) is 5.26 Å². The maximum atomic E-state index is 9.24. The molecule has 1 aromatic carbocycles. The standard InChI is InChI=1S/C19H24N6/c1-3-17-14(2)18(23-19(21)22-17)25-10-8-24(9-11-25)13-16-7-5-4-6-15(16)12-20/h4-7H,3,8-11,13H2,1-2H3,(H2,21,22,23). The number of piperazine rings is 1. The van der Waals surface area contributed by atoms with Crippen LogP contribution < -0.4 is 10.6 Å². The van der Waals surface area contributed by atoms with Crippen LogP contribution in [0, 0.1) is 18.3 Å². The first kappa shape index (κ1) is 17.2. The van der Waals surface area contributed by atoms with Gasteiger partial charge in [-0.05, 0) is 25.0 Å². The van der Waals surface area contributed by atoms with Crippen molar-refractivity contribution < 1.29 is 0 Å². The average molecular weight is 336 g/mol. The number of benzene rings is 1. The number of hydrogen-bond acceptors (Lipinski definition) is 6. The molecule has 1 aliphatic heterocycles. The number of nitrogens with two attached hydrogens (primary N) is 1. The van der Waals surface area contributed by atoms with Crippen molar-refractivity contribution in [3.63, 3.8) is 0 Å². The second kappa shape index (κ2) is 7.49. The summed E-state index contributed by atoms with van der Waals surface area (Å²) in [6.45, 7) is 8.63. The lowest BCUT2D eigenvalue weighted by atomic mass is 10.1. The van der Waals surface area contributed by atoms with E-state index < -0.39 is 0 Å². The molecule has 1 saturated heterocycles. The van der Waals surface area contributed by atoms with Gasteiger partial charge in [-0.3, -0.25) is 4.90 Å². The number of aryl methyl sites for hydroxylation is 1. The fraction of sp³-hybridized carbons (Fsp3) is 0.421. The van der Waals surface area contributed by atoms with E-state index in [0.717, 1.165) is 67.3 Å². The molecule has 6 nitrogen and oxygen atoms in total. The van der Waals surface area contributed by atoms with Gasteiger partial charge in [0.25, 0.3) is 0 Å². The molecule has 2 heterocycles. The van der Waals surface area contributed by atoms with Gasteiger partial charge in [-0.25, -0.2) is 4.98 Å². The van der Waals surface area contributed by atoms with Gasteiger partial charge < -0.3 is 10.6 Å². The van der Waals surface area contributed by atoms with Crippen LogP contribution in [-0.2, 0) is 13.0 Å². The zero-order valence-corrected chi connectivity index (χ0v) is 14.9. The first-order valence-electron chi connectivity index (χ1n) is 8.70. The van der Waals surface area contributed by atoms with Gasteiger partial charge >= 0.3 is 0 Å². The Labute approximate surface area is 148 Å². The molecule has 0 unspecified atom stereocenters. The Hall–Kier alpha value is -2.65. The van der Waals surface area contributed by atoms with E-state index in [9.17, 15) is 5.26 Å². The monoisotopic (exact) mass is 336 g/mol. The fourth-order valence-electron chi connectivity index (χ4n) is 3.35. The van der Waals surface area contributed by atoms with Crippen LogP contribution in [0.5, 0.6) is 0 Å². The van der Waals surface area contributed by atoms with E-state index in [-0.39, 0.29) is 0 Å². The van der Waals surface area contributed by atoms with Crippen LogP contribution in [0.3, 0.4) is 0 Å². The summed E-state index contributed by atoms with van der Waals surface area (Å²) in [4.78, 5) is 13.5. The molecular weight excluding hydrogens is 312 g/mol. The van der Waals surface area contributed by atoms with E-state index in [2.05, 4.69) is 39.7 Å². The summed E-state index contributed by atoms with van der Waals surface area (Å²) in [5.74, 6) is 1.31. The van der Waals surface area contributed by atoms with Crippen LogP contribution in [-0.4, -0.2) is 41.0 Å². The first-order chi connectivity index (χ1) is 12.1. The summed E-state index contributed by atoms with van der Waals surface area (Å²) in [6.07, 6.45) is 0.858. The van der Waals surface area contributed by atoms with Gasteiger partial charge in [0.05, 0.1) is 17.3 Å². The van der Waals surface area contributed by atoms with E-state index in [1.54, 1.807) is 0 Å². The second-order valence-electron chi connectivity index (χ2n) is 6.36. The lowest BCUT2D eigenvalue weighted by Crippen LogP contribution is -2.46. The molecule has 0 saturated carbocycles. The normalized spacial score (nSPS) is 15.2. The number of hydrogen-bond donors (Lipinski definition) is 1. The minimum Gasteiger partial charge on any atom is -0.368 e. The molecule has 0 spiro atoms. The molecule has 1 aromatic heterocycles. The Bertz CT molecular complexity index is 787. The van der Waals surface area contributed by atoms with Crippen LogP contribution >= 0.6 is 0 Å². The van der Waals surface area contributed by atoms with Gasteiger partial charge in [-0.2, -0.15) is 10.2 Å². The molecular formula is C19H24N6. The number of nitriles is 1. The summed E-state index contributed by atoms with van der Waals surface area (Å²) in [5, 5.41) is 9.24. The van der Waals surface area contributed by atoms with E-state index >= 15 is 0 Å². The van der Waals surface area contributed by atoms with E-state index in [4.69, 9.17) is 5.73 Å². The van der Waals surface area contributed by atoms with Crippen molar-refractivity contribution >= 4 is 11.8 Å². The zero-order chi connectivity index (χ0) is 17.8. The Morgan fingerprint density at radius 3 is 2.56 bits per heavy atom. The number of nitrogens with zero attached hydrogens (tertiary/aromatic N) is 5. The molecule has 0 bridgehead atoms. The summed E-state index contributed by atoms with van der Waals surface area (Å²) in [6, 6.07) is 10.1. The number of aromatic nitrogens is 2. The number of rotatable bonds is 4. The Kier molecular flexibility index (Phi) is 5.15. The molecule has 6 heteroatoms. The largest absolute Gasteiger partial charge is 0.368 e. The second-order valence-corrected chi connectivity index (χ2v) is 6.36. The lowest BCUT2D eigenvalue weighted by molar-refractivity contribution is 0.249. The van der Waals surface area contributed by atoms with Gasteiger partial charge in [-0.15, -0.1) is 0 Å². The van der Waals surface area contributed by atoms with Gasteiger partial charge in [0.2, 0.25) is 5.95 Å². The maximum Gasteiger partial charge on any atom is 0.222 e. The average Bonchev–Trinajstić information content (AvgIpc) is 2.64. The molecule has 2 N–H and O–H groups in total. The van der Waals surface area contributed by atoms with Crippen molar-refractivity contribution in [1.82, 2.24) is 14.9 Å². The molecule has 130 valence electrons. The highest BCUT2D eigenvalue weighted by Gasteiger charge is 2.21. The van der Waals surface area contributed by atoms with Gasteiger partial charge in [-0.1, -0.05) is 25.1 Å². The predicted octanol–water partition coefficient (Wildman–Crippen LogP) is 2.12. The highest BCUT2D eigenvalue weighted by atomic mass is 15.3. The molecule has 25 heavy (non-hydrogen) atoms. The Morgan fingerprint density at radius 2 is 1.88 bits per heavy atom. The van der Waals surface area contributed by atoms with E-state index in [1.807, 2.05) is 24.3 Å². The zero-order valence-electron chi connectivity index (χ0n) is 14.9. The Balaban J connectivity index is 1.68. The maximum absolute atomic E-state index is 9.24.